The minimum absolute atomic E-state index is 0.134. The summed E-state index contributed by atoms with van der Waals surface area (Å²) in [5.41, 5.74) is 3.75. The van der Waals surface area contributed by atoms with Crippen molar-refractivity contribution >= 4 is 10.9 Å². The van der Waals surface area contributed by atoms with E-state index < -0.39 is 0 Å². The van der Waals surface area contributed by atoms with Gasteiger partial charge in [0.2, 0.25) is 5.88 Å². The lowest BCUT2D eigenvalue weighted by Crippen LogP contribution is -2.26. The molecule has 4 heterocycles. The molecule has 0 saturated carbocycles. The molecule has 4 rings (SSSR count). The maximum absolute atomic E-state index is 6.22. The topological polar surface area (TPSA) is 77.9 Å². The van der Waals surface area contributed by atoms with E-state index in [1.165, 1.54) is 0 Å². The normalized spacial score (nSPS) is 15.8. The number of hydrogen-bond acceptors (Lipinski definition) is 5. The van der Waals surface area contributed by atoms with Gasteiger partial charge in [0.05, 0.1) is 29.8 Å². The molecule has 0 unspecified atom stereocenters. The molecule has 1 N–H and O–H groups in total. The van der Waals surface area contributed by atoms with E-state index >= 15 is 0 Å². The molecule has 26 heavy (non-hydrogen) atoms. The lowest BCUT2D eigenvalue weighted by molar-refractivity contribution is 0.0244. The lowest BCUT2D eigenvalue weighted by Gasteiger charge is -2.23. The summed E-state index contributed by atoms with van der Waals surface area (Å²) in [7, 11) is 0. The summed E-state index contributed by atoms with van der Waals surface area (Å²) < 4.78 is 13.6. The fourth-order valence-corrected chi connectivity index (χ4v) is 3.39. The van der Waals surface area contributed by atoms with E-state index in [4.69, 9.17) is 9.47 Å². The Morgan fingerprint density at radius 1 is 1.35 bits per heavy atom. The largest absolute Gasteiger partial charge is 0.474 e. The van der Waals surface area contributed by atoms with Crippen LogP contribution >= 0.6 is 0 Å². The first kappa shape index (κ1) is 17.0. The molecule has 3 aromatic heterocycles. The van der Waals surface area contributed by atoms with Crippen molar-refractivity contribution in [2.75, 3.05) is 13.2 Å². The summed E-state index contributed by atoms with van der Waals surface area (Å²) in [6, 6.07) is 1.93. The number of aromatic amines is 1. The van der Waals surface area contributed by atoms with Crippen molar-refractivity contribution in [3.05, 3.63) is 24.2 Å². The molecule has 1 aliphatic heterocycles. The zero-order chi connectivity index (χ0) is 18.1. The second-order valence-corrected chi connectivity index (χ2v) is 7.28. The Balaban J connectivity index is 1.73. The van der Waals surface area contributed by atoms with Gasteiger partial charge in [-0.25, -0.2) is 4.98 Å². The molecular formula is C19H25N5O2. The molecule has 1 saturated heterocycles. The quantitative estimate of drug-likeness (QED) is 0.759. The molecule has 7 nitrogen and oxygen atoms in total. The first-order valence-corrected chi connectivity index (χ1v) is 9.23. The van der Waals surface area contributed by atoms with Crippen molar-refractivity contribution in [1.29, 1.82) is 0 Å². The summed E-state index contributed by atoms with van der Waals surface area (Å²) in [5.74, 6) is 1.17. The molecular weight excluding hydrogens is 330 g/mol. The second-order valence-electron chi connectivity index (χ2n) is 7.28. The molecule has 1 aliphatic rings. The van der Waals surface area contributed by atoms with Gasteiger partial charge < -0.3 is 9.47 Å². The van der Waals surface area contributed by atoms with E-state index in [1.807, 2.05) is 17.7 Å². The Kier molecular flexibility index (Phi) is 4.63. The molecule has 0 amide bonds. The van der Waals surface area contributed by atoms with Crippen molar-refractivity contribution in [2.45, 2.75) is 46.3 Å². The molecule has 7 heteroatoms. The summed E-state index contributed by atoms with van der Waals surface area (Å²) in [6.07, 6.45) is 5.73. The van der Waals surface area contributed by atoms with Crippen LogP contribution in [0.4, 0.5) is 0 Å². The predicted octanol–water partition coefficient (Wildman–Crippen LogP) is 3.34. The Morgan fingerprint density at radius 2 is 2.15 bits per heavy atom. The highest BCUT2D eigenvalue weighted by Gasteiger charge is 2.22. The minimum Gasteiger partial charge on any atom is -0.474 e. The number of pyridine rings is 1. The van der Waals surface area contributed by atoms with Crippen LogP contribution in [0, 0.1) is 12.8 Å². The van der Waals surface area contributed by atoms with Gasteiger partial charge in [-0.05, 0) is 18.9 Å². The average molecular weight is 355 g/mol. The monoisotopic (exact) mass is 355 g/mol. The van der Waals surface area contributed by atoms with E-state index in [-0.39, 0.29) is 6.10 Å². The Morgan fingerprint density at radius 3 is 2.92 bits per heavy atom. The van der Waals surface area contributed by atoms with Gasteiger partial charge in [-0.15, -0.1) is 0 Å². The van der Waals surface area contributed by atoms with Crippen LogP contribution in [0.15, 0.2) is 18.5 Å². The van der Waals surface area contributed by atoms with Crippen LogP contribution in [0.2, 0.25) is 0 Å². The first-order chi connectivity index (χ1) is 12.6. The molecule has 0 radical (unpaired) electrons. The van der Waals surface area contributed by atoms with Crippen molar-refractivity contribution in [1.82, 2.24) is 25.0 Å². The first-order valence-electron chi connectivity index (χ1n) is 9.23. The van der Waals surface area contributed by atoms with Crippen LogP contribution in [0.3, 0.4) is 0 Å². The standard InChI is InChI=1S/C19H25N5O2/c1-12(2)10-24-11-15(13(3)23-24)18-17-16(21-22-18)4-7-20-19(17)26-14-5-8-25-9-6-14/h4,7,11-12,14H,5-6,8-10H2,1-3H3,(H,21,22). The third-order valence-corrected chi connectivity index (χ3v) is 4.64. The van der Waals surface area contributed by atoms with Crippen LogP contribution in [0.1, 0.15) is 32.4 Å². The zero-order valence-corrected chi connectivity index (χ0v) is 15.5. The van der Waals surface area contributed by atoms with Crippen molar-refractivity contribution in [2.24, 2.45) is 5.92 Å². The molecule has 3 aromatic rings. The summed E-state index contributed by atoms with van der Waals surface area (Å²) in [5, 5.41) is 13.2. The summed E-state index contributed by atoms with van der Waals surface area (Å²) in [4.78, 5) is 4.49. The smallest absolute Gasteiger partial charge is 0.225 e. The van der Waals surface area contributed by atoms with Crippen molar-refractivity contribution in [3.8, 4) is 17.1 Å². The van der Waals surface area contributed by atoms with E-state index in [0.717, 1.165) is 60.5 Å². The molecule has 138 valence electrons. The highest BCUT2D eigenvalue weighted by molar-refractivity contribution is 5.96. The van der Waals surface area contributed by atoms with E-state index in [1.54, 1.807) is 6.20 Å². The average Bonchev–Trinajstić information content (AvgIpc) is 3.19. The number of rotatable bonds is 5. The molecule has 0 aromatic carbocycles. The second kappa shape index (κ2) is 7.07. The fourth-order valence-electron chi connectivity index (χ4n) is 3.39. The van der Waals surface area contributed by atoms with Crippen LogP contribution in [-0.4, -0.2) is 44.3 Å². The van der Waals surface area contributed by atoms with Gasteiger partial charge in [0.15, 0.2) is 0 Å². The van der Waals surface area contributed by atoms with Gasteiger partial charge >= 0.3 is 0 Å². The predicted molar refractivity (Wildman–Crippen MR) is 99.2 cm³/mol. The number of ether oxygens (including phenoxy) is 2. The maximum Gasteiger partial charge on any atom is 0.225 e. The van der Waals surface area contributed by atoms with Gasteiger partial charge in [-0.2, -0.15) is 10.2 Å². The van der Waals surface area contributed by atoms with E-state index in [2.05, 4.69) is 40.3 Å². The van der Waals surface area contributed by atoms with Gasteiger partial charge in [0.25, 0.3) is 0 Å². The number of aryl methyl sites for hydroxylation is 1. The van der Waals surface area contributed by atoms with E-state index in [0.29, 0.717) is 11.8 Å². The van der Waals surface area contributed by atoms with Crippen molar-refractivity contribution < 1.29 is 9.47 Å². The van der Waals surface area contributed by atoms with Gasteiger partial charge in [-0.3, -0.25) is 9.78 Å². The van der Waals surface area contributed by atoms with Crippen LogP contribution in [-0.2, 0) is 11.3 Å². The number of hydrogen-bond donors (Lipinski definition) is 1. The van der Waals surface area contributed by atoms with E-state index in [9.17, 15) is 0 Å². The van der Waals surface area contributed by atoms with Crippen molar-refractivity contribution in [3.63, 3.8) is 0 Å². The lowest BCUT2D eigenvalue weighted by atomic mass is 10.1. The van der Waals surface area contributed by atoms with Gasteiger partial charge in [0, 0.05) is 37.3 Å². The molecule has 0 bridgehead atoms. The SMILES string of the molecule is Cc1nn(CC(C)C)cc1-c1n[nH]c2ccnc(OC3CCOCC3)c12. The Labute approximate surface area is 152 Å². The number of nitrogens with one attached hydrogen (secondary N) is 1. The van der Waals surface area contributed by atoms with Crippen LogP contribution in [0.5, 0.6) is 5.88 Å². The maximum atomic E-state index is 6.22. The van der Waals surface area contributed by atoms with Gasteiger partial charge in [0.1, 0.15) is 11.8 Å². The molecule has 0 aliphatic carbocycles. The third-order valence-electron chi connectivity index (χ3n) is 4.64. The highest BCUT2D eigenvalue weighted by atomic mass is 16.5. The summed E-state index contributed by atoms with van der Waals surface area (Å²) >= 11 is 0. The fraction of sp³-hybridized carbons (Fsp3) is 0.526. The minimum atomic E-state index is 0.134. The Bertz CT molecular complexity index is 893. The van der Waals surface area contributed by atoms with Gasteiger partial charge in [-0.1, -0.05) is 13.8 Å². The van der Waals surface area contributed by atoms with Crippen LogP contribution < -0.4 is 4.74 Å². The molecule has 0 spiro atoms. The highest BCUT2D eigenvalue weighted by Crippen LogP contribution is 2.34. The number of H-pyrrole nitrogens is 1. The number of aromatic nitrogens is 5. The molecule has 0 atom stereocenters. The zero-order valence-electron chi connectivity index (χ0n) is 15.5. The number of fused-ring (bicyclic) bond motifs is 1. The summed E-state index contributed by atoms with van der Waals surface area (Å²) in [6.45, 7) is 8.74. The van der Waals surface area contributed by atoms with Crippen LogP contribution in [0.25, 0.3) is 22.2 Å². The number of nitrogens with zero attached hydrogens (tertiary/aromatic N) is 4. The Hall–Kier alpha value is -2.41. The molecule has 1 fully saturated rings. The third kappa shape index (κ3) is 3.31.